The Kier molecular flexibility index (Phi) is 22.7. The molecule has 0 atom stereocenters. The fraction of sp³-hybridized carbons (Fsp3) is 1.00. The highest BCUT2D eigenvalue weighted by atomic mass is 15.1. The first kappa shape index (κ1) is 25.8. The molecule has 0 saturated heterocycles. The van der Waals surface area contributed by atoms with Crippen molar-refractivity contribution in [3.05, 3.63) is 0 Å². The second kappa shape index (κ2) is 22.9. The van der Waals surface area contributed by atoms with E-state index in [1.165, 1.54) is 89.9 Å². The molecule has 0 fully saturated rings. The van der Waals surface area contributed by atoms with Crippen LogP contribution >= 0.6 is 0 Å². The normalized spacial score (nSPS) is 11.5. The summed E-state index contributed by atoms with van der Waals surface area (Å²) in [6.45, 7) is 8.91. The molecule has 0 saturated carbocycles. The summed E-state index contributed by atoms with van der Waals surface area (Å²) in [6, 6.07) is 0. The van der Waals surface area contributed by atoms with Crippen LogP contribution < -0.4 is 16.8 Å². The molecule has 0 radical (unpaired) electrons. The minimum atomic E-state index is 0.721. The van der Waals surface area contributed by atoms with Crippen molar-refractivity contribution < 1.29 is 0 Å². The van der Waals surface area contributed by atoms with E-state index < -0.39 is 0 Å². The zero-order chi connectivity index (χ0) is 19.1. The maximum absolute atomic E-state index is 5.62. The molecule has 0 rings (SSSR count). The van der Waals surface area contributed by atoms with Gasteiger partial charge in [-0.3, -0.25) is 4.90 Å². The highest BCUT2D eigenvalue weighted by molar-refractivity contribution is 4.61. The fourth-order valence-electron chi connectivity index (χ4n) is 3.51. The van der Waals surface area contributed by atoms with Crippen LogP contribution in [0.4, 0.5) is 0 Å². The van der Waals surface area contributed by atoms with Crippen LogP contribution in [0.5, 0.6) is 0 Å². The van der Waals surface area contributed by atoms with Crippen molar-refractivity contribution in [1.29, 1.82) is 0 Å². The molecule has 0 aromatic rings. The van der Waals surface area contributed by atoms with Gasteiger partial charge in [-0.1, -0.05) is 90.4 Å². The molecule has 0 spiro atoms. The van der Waals surface area contributed by atoms with Gasteiger partial charge in [0.1, 0.15) is 0 Å². The molecular formula is C22H50N4. The summed E-state index contributed by atoms with van der Waals surface area (Å²) < 4.78 is 0. The topological polar surface area (TPSA) is 67.3 Å². The smallest absolute Gasteiger partial charge is 0.0108 e. The highest BCUT2D eigenvalue weighted by Crippen LogP contribution is 2.12. The van der Waals surface area contributed by atoms with Crippen molar-refractivity contribution in [2.24, 2.45) is 11.5 Å². The Morgan fingerprint density at radius 1 is 0.538 bits per heavy atom. The third kappa shape index (κ3) is 20.2. The number of nitrogens with two attached hydrogens (primary N) is 2. The minimum Gasteiger partial charge on any atom is -0.329 e. The lowest BCUT2D eigenvalue weighted by atomic mass is 10.0. The molecular weight excluding hydrogens is 320 g/mol. The number of unbranched alkanes of at least 4 members (excludes halogenated alkanes) is 13. The molecule has 0 amide bonds. The van der Waals surface area contributed by atoms with Gasteiger partial charge in [0.15, 0.2) is 0 Å². The van der Waals surface area contributed by atoms with Crippen molar-refractivity contribution in [2.45, 2.75) is 96.8 Å². The zero-order valence-electron chi connectivity index (χ0n) is 18.0. The van der Waals surface area contributed by atoms with Gasteiger partial charge < -0.3 is 16.8 Å². The first-order chi connectivity index (χ1) is 12.8. The lowest BCUT2D eigenvalue weighted by molar-refractivity contribution is 0.287. The van der Waals surface area contributed by atoms with Crippen LogP contribution in [0, 0.1) is 0 Å². The lowest BCUT2D eigenvalue weighted by Crippen LogP contribution is -2.38. The van der Waals surface area contributed by atoms with Crippen LogP contribution in [0.15, 0.2) is 0 Å². The molecule has 0 aliphatic heterocycles. The Hall–Kier alpha value is -0.160. The summed E-state index contributed by atoms with van der Waals surface area (Å²) >= 11 is 0. The molecule has 4 heteroatoms. The van der Waals surface area contributed by atoms with Gasteiger partial charge in [-0.15, -0.1) is 0 Å². The van der Waals surface area contributed by atoms with Crippen LogP contribution in [0.1, 0.15) is 96.8 Å². The zero-order valence-corrected chi connectivity index (χ0v) is 18.0. The van der Waals surface area contributed by atoms with Gasteiger partial charge in [0.2, 0.25) is 0 Å². The van der Waals surface area contributed by atoms with Crippen LogP contribution in [-0.2, 0) is 0 Å². The third-order valence-electron chi connectivity index (χ3n) is 5.20. The van der Waals surface area contributed by atoms with E-state index in [2.05, 4.69) is 17.1 Å². The molecule has 26 heavy (non-hydrogen) atoms. The summed E-state index contributed by atoms with van der Waals surface area (Å²) in [5.41, 5.74) is 11.2. The lowest BCUT2D eigenvalue weighted by Gasteiger charge is -2.20. The van der Waals surface area contributed by atoms with Gasteiger partial charge in [0.25, 0.3) is 0 Å². The molecule has 0 heterocycles. The van der Waals surface area contributed by atoms with Gasteiger partial charge in [-0.2, -0.15) is 0 Å². The molecule has 0 unspecified atom stereocenters. The Morgan fingerprint density at radius 3 is 1.38 bits per heavy atom. The van der Waals surface area contributed by atoms with Crippen LogP contribution in [0.25, 0.3) is 0 Å². The molecule has 4 nitrogen and oxygen atoms in total. The second-order valence-electron chi connectivity index (χ2n) is 7.77. The average molecular weight is 371 g/mol. The summed E-state index contributed by atoms with van der Waals surface area (Å²) in [6.07, 6.45) is 19.9. The summed E-state index contributed by atoms with van der Waals surface area (Å²) in [5, 5.41) is 3.55. The van der Waals surface area contributed by atoms with E-state index in [4.69, 9.17) is 11.5 Å². The van der Waals surface area contributed by atoms with E-state index in [9.17, 15) is 0 Å². The number of rotatable bonds is 22. The van der Waals surface area contributed by atoms with E-state index >= 15 is 0 Å². The third-order valence-corrected chi connectivity index (χ3v) is 5.20. The van der Waals surface area contributed by atoms with E-state index in [1.54, 1.807) is 0 Å². The molecule has 0 aromatic carbocycles. The standard InChI is InChI=1S/C22H50N4/c1-2-3-4-5-6-7-8-9-10-11-12-13-14-15-18-25-19-22-26(20-16-23)21-17-24/h25H,2-24H2,1H3. The van der Waals surface area contributed by atoms with E-state index in [0.717, 1.165) is 45.8 Å². The second-order valence-corrected chi connectivity index (χ2v) is 7.77. The molecule has 0 aromatic heterocycles. The maximum Gasteiger partial charge on any atom is 0.0108 e. The van der Waals surface area contributed by atoms with E-state index in [1.807, 2.05) is 0 Å². The summed E-state index contributed by atoms with van der Waals surface area (Å²) in [5.74, 6) is 0. The Labute approximate surface area is 164 Å². The summed E-state index contributed by atoms with van der Waals surface area (Å²) in [7, 11) is 0. The molecule has 0 aliphatic carbocycles. The Balaban J connectivity index is 3.13. The van der Waals surface area contributed by atoms with Gasteiger partial charge in [0, 0.05) is 39.3 Å². The first-order valence-electron chi connectivity index (χ1n) is 11.7. The SMILES string of the molecule is CCCCCCCCCCCCCCCCNCCN(CCN)CCN. The predicted molar refractivity (Wildman–Crippen MR) is 118 cm³/mol. The summed E-state index contributed by atoms with van der Waals surface area (Å²) in [4.78, 5) is 2.35. The molecule has 5 N–H and O–H groups in total. The molecule has 158 valence electrons. The minimum absolute atomic E-state index is 0.721. The largest absolute Gasteiger partial charge is 0.329 e. The molecule has 0 aliphatic rings. The van der Waals surface area contributed by atoms with Gasteiger partial charge in [-0.05, 0) is 13.0 Å². The van der Waals surface area contributed by atoms with Crippen molar-refractivity contribution >= 4 is 0 Å². The highest BCUT2D eigenvalue weighted by Gasteiger charge is 2.01. The van der Waals surface area contributed by atoms with Gasteiger partial charge in [0.05, 0.1) is 0 Å². The Morgan fingerprint density at radius 2 is 0.962 bits per heavy atom. The van der Waals surface area contributed by atoms with E-state index in [-0.39, 0.29) is 0 Å². The number of hydrogen-bond donors (Lipinski definition) is 3. The average Bonchev–Trinajstić information content (AvgIpc) is 2.64. The van der Waals surface area contributed by atoms with Crippen molar-refractivity contribution in [3.8, 4) is 0 Å². The number of nitrogens with one attached hydrogen (secondary N) is 1. The maximum atomic E-state index is 5.62. The van der Waals surface area contributed by atoms with Crippen LogP contribution in [0.2, 0.25) is 0 Å². The van der Waals surface area contributed by atoms with Crippen molar-refractivity contribution in [2.75, 3.05) is 45.8 Å². The fourth-order valence-corrected chi connectivity index (χ4v) is 3.51. The number of nitrogens with zero attached hydrogens (tertiary/aromatic N) is 1. The van der Waals surface area contributed by atoms with Crippen LogP contribution in [-0.4, -0.2) is 50.7 Å². The quantitative estimate of drug-likeness (QED) is 0.249. The monoisotopic (exact) mass is 370 g/mol. The van der Waals surface area contributed by atoms with Crippen molar-refractivity contribution in [1.82, 2.24) is 10.2 Å². The van der Waals surface area contributed by atoms with Crippen molar-refractivity contribution in [3.63, 3.8) is 0 Å². The van der Waals surface area contributed by atoms with Gasteiger partial charge in [-0.25, -0.2) is 0 Å². The van der Waals surface area contributed by atoms with Crippen LogP contribution in [0.3, 0.4) is 0 Å². The van der Waals surface area contributed by atoms with E-state index in [0.29, 0.717) is 0 Å². The molecule has 0 bridgehead atoms. The van der Waals surface area contributed by atoms with Gasteiger partial charge >= 0.3 is 0 Å². The predicted octanol–water partition coefficient (Wildman–Crippen LogP) is 4.28. The number of hydrogen-bond acceptors (Lipinski definition) is 4. The first-order valence-corrected chi connectivity index (χ1v) is 11.7. The Bertz CT molecular complexity index is 242.